The summed E-state index contributed by atoms with van der Waals surface area (Å²) in [4.78, 5) is 22.9. The fraction of sp³-hybridized carbons (Fsp3) is 0.0769. The summed E-state index contributed by atoms with van der Waals surface area (Å²) in [7, 11) is -7.67. The molecule has 0 saturated heterocycles. The zero-order valence-electron chi connectivity index (χ0n) is 21.6. The van der Waals surface area contributed by atoms with Gasteiger partial charge in [-0.25, -0.2) is 16.8 Å². The Bertz CT molecular complexity index is 1770. The summed E-state index contributed by atoms with van der Waals surface area (Å²) in [6, 6.07) is 21.0. The van der Waals surface area contributed by atoms with E-state index in [1.54, 1.807) is 48.5 Å². The van der Waals surface area contributed by atoms with E-state index in [1.807, 2.05) is 0 Å². The number of halogens is 2. The quantitative estimate of drug-likeness (QED) is 0.0885. The van der Waals surface area contributed by atoms with Gasteiger partial charge in [-0.05, 0) is 72.8 Å². The molecule has 0 aliphatic carbocycles. The monoisotopic (exact) mass is 682 g/mol. The van der Waals surface area contributed by atoms with Gasteiger partial charge in [-0.3, -0.25) is 20.2 Å². The van der Waals surface area contributed by atoms with Gasteiger partial charge in [-0.15, -0.1) is 23.2 Å². The van der Waals surface area contributed by atoms with Crippen LogP contribution in [0.4, 0.5) is 34.1 Å². The van der Waals surface area contributed by atoms with Crippen molar-refractivity contribution in [3.8, 4) is 0 Å². The Morgan fingerprint density at radius 1 is 0.605 bits per heavy atom. The van der Waals surface area contributed by atoms with E-state index >= 15 is 0 Å². The van der Waals surface area contributed by atoms with Crippen molar-refractivity contribution in [3.05, 3.63) is 105 Å². The lowest BCUT2D eigenvalue weighted by molar-refractivity contribution is -0.384. The third-order valence-electron chi connectivity index (χ3n) is 5.84. The Labute approximate surface area is 260 Å². The Balaban J connectivity index is 1.45. The SMILES string of the molecule is O=[N+]([O-])c1cc(S(=O)(=O)CCl)ccc1Nc1ccc(Sc2ccc(Nc3ccc(S(=O)(=O)CCl)cc3[N+](=O)[O-])cc2)cc1. The molecule has 224 valence electrons. The molecule has 17 heteroatoms. The second-order valence-corrected chi connectivity index (χ2v) is 15.0. The highest BCUT2D eigenvalue weighted by Gasteiger charge is 2.22. The largest absolute Gasteiger partial charge is 0.350 e. The minimum atomic E-state index is -3.84. The van der Waals surface area contributed by atoms with Gasteiger partial charge in [0.25, 0.3) is 11.4 Å². The first-order valence-corrected chi connectivity index (χ1v) is 17.1. The van der Waals surface area contributed by atoms with Crippen LogP contribution in [0.5, 0.6) is 0 Å². The molecule has 0 amide bonds. The van der Waals surface area contributed by atoms with E-state index in [0.29, 0.717) is 11.4 Å². The number of nitrogens with one attached hydrogen (secondary N) is 2. The zero-order chi connectivity index (χ0) is 31.4. The van der Waals surface area contributed by atoms with Crippen LogP contribution in [0.15, 0.2) is 105 Å². The van der Waals surface area contributed by atoms with Gasteiger partial charge in [-0.2, -0.15) is 0 Å². The highest BCUT2D eigenvalue weighted by atomic mass is 35.5. The molecule has 4 aromatic rings. The maximum Gasteiger partial charge on any atom is 0.293 e. The number of rotatable bonds is 12. The number of hydrogen-bond donors (Lipinski definition) is 2. The van der Waals surface area contributed by atoms with Crippen LogP contribution in [0.2, 0.25) is 0 Å². The van der Waals surface area contributed by atoms with Crippen LogP contribution >= 0.6 is 35.0 Å². The lowest BCUT2D eigenvalue weighted by atomic mass is 10.2. The molecule has 0 saturated carbocycles. The number of nitro benzene ring substituents is 2. The number of hydrogen-bond acceptors (Lipinski definition) is 11. The van der Waals surface area contributed by atoms with E-state index in [-0.39, 0.29) is 21.2 Å². The highest BCUT2D eigenvalue weighted by Crippen LogP contribution is 2.35. The van der Waals surface area contributed by atoms with Crippen molar-refractivity contribution in [2.45, 2.75) is 19.6 Å². The first-order valence-electron chi connectivity index (χ1n) is 11.9. The molecule has 0 aliphatic heterocycles. The summed E-state index contributed by atoms with van der Waals surface area (Å²) in [5.41, 5.74) is 0.452. The van der Waals surface area contributed by atoms with Gasteiger partial charge >= 0.3 is 0 Å². The minimum Gasteiger partial charge on any atom is -0.350 e. The molecule has 0 aromatic heterocycles. The van der Waals surface area contributed by atoms with Crippen LogP contribution in [0.1, 0.15) is 0 Å². The maximum atomic E-state index is 12.0. The molecule has 0 unspecified atom stereocenters. The molecule has 0 atom stereocenters. The highest BCUT2D eigenvalue weighted by molar-refractivity contribution is 7.99. The van der Waals surface area contributed by atoms with Gasteiger partial charge in [0.15, 0.2) is 19.7 Å². The molecule has 2 N–H and O–H groups in total. The Kier molecular flexibility index (Phi) is 9.82. The van der Waals surface area contributed by atoms with Gasteiger partial charge in [0.05, 0.1) is 19.6 Å². The van der Waals surface area contributed by atoms with Gasteiger partial charge in [0, 0.05) is 33.3 Å². The van der Waals surface area contributed by atoms with Crippen molar-refractivity contribution in [1.82, 2.24) is 0 Å². The predicted octanol–water partition coefficient (Wildman–Crippen LogP) is 7.08. The standard InChI is InChI=1S/C26H20Cl2N4O8S3/c27-15-42(37,38)21-9-11-23(25(13-21)31(33)34)29-17-1-5-19(6-2-17)41-20-7-3-18(4-8-20)30-24-12-10-22(43(39,40)16-28)14-26(24)32(35)36/h1-14,29-30H,15-16H2. The van der Waals surface area contributed by atoms with Crippen LogP contribution in [-0.4, -0.2) is 37.1 Å². The molecule has 0 spiro atoms. The van der Waals surface area contributed by atoms with Gasteiger partial charge in [0.2, 0.25) is 0 Å². The van der Waals surface area contributed by atoms with Crippen LogP contribution in [0.25, 0.3) is 0 Å². The van der Waals surface area contributed by atoms with Gasteiger partial charge in [0.1, 0.15) is 21.8 Å². The lowest BCUT2D eigenvalue weighted by Gasteiger charge is -2.10. The van der Waals surface area contributed by atoms with E-state index in [9.17, 15) is 37.1 Å². The van der Waals surface area contributed by atoms with Crippen molar-refractivity contribution in [3.63, 3.8) is 0 Å². The number of benzene rings is 4. The number of sulfone groups is 2. The summed E-state index contributed by atoms with van der Waals surface area (Å²) in [5.74, 6) is 0. The van der Waals surface area contributed by atoms with Crippen LogP contribution in [0, 0.1) is 20.2 Å². The van der Waals surface area contributed by atoms with E-state index in [2.05, 4.69) is 10.6 Å². The Morgan fingerprint density at radius 3 is 1.26 bits per heavy atom. The smallest absolute Gasteiger partial charge is 0.293 e. The fourth-order valence-electron chi connectivity index (χ4n) is 3.71. The maximum absolute atomic E-state index is 12.0. The van der Waals surface area contributed by atoms with Crippen LogP contribution < -0.4 is 10.6 Å². The second kappa shape index (κ2) is 13.2. The molecule has 12 nitrogen and oxygen atoms in total. The van der Waals surface area contributed by atoms with Crippen LogP contribution in [-0.2, 0) is 19.7 Å². The van der Waals surface area contributed by atoms with Gasteiger partial charge < -0.3 is 10.6 Å². The zero-order valence-corrected chi connectivity index (χ0v) is 25.6. The number of alkyl halides is 2. The van der Waals surface area contributed by atoms with E-state index in [4.69, 9.17) is 23.2 Å². The summed E-state index contributed by atoms with van der Waals surface area (Å²) >= 11 is 12.3. The molecule has 4 aromatic carbocycles. The topological polar surface area (TPSA) is 179 Å². The van der Waals surface area contributed by atoms with Crippen molar-refractivity contribution in [2.24, 2.45) is 0 Å². The normalized spacial score (nSPS) is 11.6. The first kappa shape index (κ1) is 32.0. The van der Waals surface area contributed by atoms with Crippen molar-refractivity contribution >= 4 is 88.8 Å². The second-order valence-electron chi connectivity index (χ2n) is 8.72. The van der Waals surface area contributed by atoms with E-state index < -0.39 is 51.3 Å². The minimum absolute atomic E-state index is 0.109. The number of nitro groups is 2. The summed E-state index contributed by atoms with van der Waals surface area (Å²) in [6.45, 7) is 0. The average molecular weight is 684 g/mol. The number of nitrogens with zero attached hydrogens (tertiary/aromatic N) is 2. The van der Waals surface area contributed by atoms with Gasteiger partial charge in [-0.1, -0.05) is 11.8 Å². The van der Waals surface area contributed by atoms with Crippen molar-refractivity contribution in [1.29, 1.82) is 0 Å². The molecule has 4 rings (SSSR count). The summed E-state index contributed by atoms with van der Waals surface area (Å²) in [6.07, 6.45) is 0. The van der Waals surface area contributed by atoms with E-state index in [0.717, 1.165) is 21.9 Å². The summed E-state index contributed by atoms with van der Waals surface area (Å²) in [5, 5.41) is 27.5. The molecule has 43 heavy (non-hydrogen) atoms. The molecular formula is C26H20Cl2N4O8S3. The van der Waals surface area contributed by atoms with E-state index in [1.165, 1.54) is 36.0 Å². The van der Waals surface area contributed by atoms with Crippen molar-refractivity contribution < 1.29 is 26.7 Å². The molecular weight excluding hydrogens is 663 g/mol. The van der Waals surface area contributed by atoms with Crippen LogP contribution in [0.3, 0.4) is 0 Å². The summed E-state index contributed by atoms with van der Waals surface area (Å²) < 4.78 is 48.0. The first-order chi connectivity index (χ1) is 20.3. The Hall–Kier alpha value is -3.89. The molecule has 0 aliphatic rings. The third kappa shape index (κ3) is 7.74. The van der Waals surface area contributed by atoms with Crippen molar-refractivity contribution in [2.75, 3.05) is 21.1 Å². The molecule has 0 fully saturated rings. The Morgan fingerprint density at radius 2 is 0.953 bits per heavy atom. The predicted molar refractivity (Wildman–Crippen MR) is 166 cm³/mol. The molecule has 0 bridgehead atoms. The molecule has 0 heterocycles. The third-order valence-corrected chi connectivity index (χ3v) is 11.1. The molecule has 0 radical (unpaired) electrons. The lowest BCUT2D eigenvalue weighted by Crippen LogP contribution is -2.04. The average Bonchev–Trinajstić information content (AvgIpc) is 2.99. The fourth-order valence-corrected chi connectivity index (χ4v) is 6.67. The number of anilines is 4.